The molecule has 0 bridgehead atoms. The van der Waals surface area contributed by atoms with Crippen LogP contribution in [0.25, 0.3) is 0 Å². The summed E-state index contributed by atoms with van der Waals surface area (Å²) in [5.74, 6) is 2.67. The molecule has 0 unspecified atom stereocenters. The van der Waals surface area contributed by atoms with Crippen molar-refractivity contribution in [1.82, 2.24) is 0 Å². The number of benzene rings is 1. The zero-order valence-corrected chi connectivity index (χ0v) is 15.0. The zero-order chi connectivity index (χ0) is 16.2. The molecule has 1 aromatic carbocycles. The van der Waals surface area contributed by atoms with Crippen molar-refractivity contribution in [3.63, 3.8) is 0 Å². The zero-order valence-electron chi connectivity index (χ0n) is 13.5. The van der Waals surface area contributed by atoms with E-state index in [4.69, 9.17) is 23.2 Å². The first-order valence-electron chi connectivity index (χ1n) is 8.89. The molecule has 0 aromatic heterocycles. The number of hydrogen-bond donors (Lipinski definition) is 0. The predicted octanol–water partition coefficient (Wildman–Crippen LogP) is 7.31. The van der Waals surface area contributed by atoms with Gasteiger partial charge in [0, 0.05) is 5.54 Å². The minimum Gasteiger partial charge on any atom is -0.205 e. The minimum absolute atomic E-state index is 0.227. The van der Waals surface area contributed by atoms with Crippen molar-refractivity contribution in [2.45, 2.75) is 57.3 Å². The summed E-state index contributed by atoms with van der Waals surface area (Å²) in [6.45, 7) is 0. The average Bonchev–Trinajstić information content (AvgIpc) is 2.59. The van der Waals surface area contributed by atoms with Crippen molar-refractivity contribution in [2.24, 2.45) is 17.8 Å². The Labute approximate surface area is 149 Å². The molecule has 0 aliphatic heterocycles. The Bertz CT molecular complexity index is 539. The topological polar surface area (TPSA) is 0 Å². The highest BCUT2D eigenvalue weighted by Crippen LogP contribution is 2.44. The molecule has 0 radical (unpaired) electrons. The molecular formula is C20H25Cl2F. The predicted molar refractivity (Wildman–Crippen MR) is 96.6 cm³/mol. The highest BCUT2D eigenvalue weighted by molar-refractivity contribution is 6.30. The van der Waals surface area contributed by atoms with Gasteiger partial charge in [-0.1, -0.05) is 35.3 Å². The van der Waals surface area contributed by atoms with E-state index in [-0.39, 0.29) is 10.8 Å². The Morgan fingerprint density at radius 1 is 0.913 bits per heavy atom. The highest BCUT2D eigenvalue weighted by Gasteiger charge is 2.30. The van der Waals surface area contributed by atoms with Gasteiger partial charge in [-0.25, -0.2) is 4.39 Å². The molecule has 0 saturated heterocycles. The Balaban J connectivity index is 1.51. The average molecular weight is 355 g/mol. The number of hydrogen-bond acceptors (Lipinski definition) is 0. The van der Waals surface area contributed by atoms with Gasteiger partial charge in [0.1, 0.15) is 5.82 Å². The van der Waals surface area contributed by atoms with Crippen molar-refractivity contribution in [1.29, 1.82) is 0 Å². The second-order valence-corrected chi connectivity index (χ2v) is 7.94. The van der Waals surface area contributed by atoms with Crippen molar-refractivity contribution < 1.29 is 4.39 Å². The Kier molecular flexibility index (Phi) is 6.04. The summed E-state index contributed by atoms with van der Waals surface area (Å²) < 4.78 is 13.7. The lowest BCUT2D eigenvalue weighted by molar-refractivity contribution is 0.171. The van der Waals surface area contributed by atoms with Crippen LogP contribution in [0.2, 0.25) is 5.02 Å². The quantitative estimate of drug-likeness (QED) is 0.533. The van der Waals surface area contributed by atoms with Crippen LogP contribution in [0, 0.1) is 23.6 Å². The molecule has 1 aromatic rings. The van der Waals surface area contributed by atoms with E-state index in [9.17, 15) is 4.39 Å². The molecule has 3 heteroatoms. The first kappa shape index (κ1) is 17.3. The number of allylic oxidation sites excluding steroid dienone is 1. The summed E-state index contributed by atoms with van der Waals surface area (Å²) in [5.41, 5.74) is 2.81. The lowest BCUT2D eigenvalue weighted by atomic mass is 9.68. The van der Waals surface area contributed by atoms with Crippen LogP contribution < -0.4 is 0 Å². The molecule has 2 fully saturated rings. The fourth-order valence-electron chi connectivity index (χ4n) is 4.60. The van der Waals surface area contributed by atoms with Crippen LogP contribution >= 0.6 is 23.2 Å². The van der Waals surface area contributed by atoms with Crippen LogP contribution in [0.3, 0.4) is 0 Å². The normalized spacial score (nSPS) is 32.3. The second kappa shape index (κ2) is 8.03. The Morgan fingerprint density at radius 2 is 1.52 bits per heavy atom. The smallest absolute Gasteiger partial charge is 0.142 e. The van der Waals surface area contributed by atoms with Crippen molar-refractivity contribution in [3.8, 4) is 0 Å². The minimum atomic E-state index is -0.281. The maximum atomic E-state index is 13.7. The SMILES string of the molecule is Fc1cc(C2CCC(C3CCC(C=CCl)CC3)CC2)ccc1Cl. The molecule has 23 heavy (non-hydrogen) atoms. The summed E-state index contributed by atoms with van der Waals surface area (Å²) in [7, 11) is 0. The third-order valence-corrected chi connectivity index (χ3v) is 6.47. The summed E-state index contributed by atoms with van der Waals surface area (Å²) in [6, 6.07) is 5.33. The summed E-state index contributed by atoms with van der Waals surface area (Å²) >= 11 is 11.5. The van der Waals surface area contributed by atoms with Crippen LogP contribution in [0.15, 0.2) is 29.8 Å². The van der Waals surface area contributed by atoms with E-state index in [0.717, 1.165) is 17.4 Å². The molecule has 0 nitrogen and oxygen atoms in total. The maximum Gasteiger partial charge on any atom is 0.142 e. The van der Waals surface area contributed by atoms with Crippen molar-refractivity contribution in [3.05, 3.63) is 46.2 Å². The monoisotopic (exact) mass is 354 g/mol. The van der Waals surface area contributed by atoms with E-state index in [1.165, 1.54) is 51.4 Å². The van der Waals surface area contributed by atoms with E-state index in [0.29, 0.717) is 11.8 Å². The highest BCUT2D eigenvalue weighted by atomic mass is 35.5. The number of rotatable bonds is 3. The van der Waals surface area contributed by atoms with Gasteiger partial charge < -0.3 is 0 Å². The van der Waals surface area contributed by atoms with Crippen LogP contribution in [-0.4, -0.2) is 0 Å². The lowest BCUT2D eigenvalue weighted by Crippen LogP contribution is -2.25. The molecular weight excluding hydrogens is 330 g/mol. The van der Waals surface area contributed by atoms with Gasteiger partial charge in [0.2, 0.25) is 0 Å². The fraction of sp³-hybridized carbons (Fsp3) is 0.600. The number of halogens is 3. The van der Waals surface area contributed by atoms with Gasteiger partial charge in [0.05, 0.1) is 5.02 Å². The van der Waals surface area contributed by atoms with E-state index >= 15 is 0 Å². The van der Waals surface area contributed by atoms with Crippen molar-refractivity contribution >= 4 is 23.2 Å². The van der Waals surface area contributed by atoms with Gasteiger partial charge in [0.15, 0.2) is 0 Å². The van der Waals surface area contributed by atoms with Gasteiger partial charge >= 0.3 is 0 Å². The van der Waals surface area contributed by atoms with E-state index < -0.39 is 0 Å². The standard InChI is InChI=1S/C20H25Cl2F/c21-12-11-14-1-3-15(4-2-14)16-5-7-17(8-6-16)18-9-10-19(22)20(23)13-18/h9-17H,1-8H2. The second-order valence-electron chi connectivity index (χ2n) is 7.28. The third kappa shape index (κ3) is 4.31. The van der Waals surface area contributed by atoms with E-state index in [1.54, 1.807) is 17.7 Å². The van der Waals surface area contributed by atoms with Crippen LogP contribution in [-0.2, 0) is 0 Å². The van der Waals surface area contributed by atoms with Gasteiger partial charge in [-0.3, -0.25) is 0 Å². The fourth-order valence-corrected chi connectivity index (χ4v) is 4.93. The molecule has 0 N–H and O–H groups in total. The maximum absolute atomic E-state index is 13.7. The van der Waals surface area contributed by atoms with Crippen molar-refractivity contribution in [2.75, 3.05) is 0 Å². The molecule has 0 atom stereocenters. The summed E-state index contributed by atoms with van der Waals surface area (Å²) in [6.07, 6.45) is 12.4. The summed E-state index contributed by atoms with van der Waals surface area (Å²) in [5, 5.41) is 0.227. The molecule has 3 rings (SSSR count). The van der Waals surface area contributed by atoms with Gasteiger partial charge in [0.25, 0.3) is 0 Å². The van der Waals surface area contributed by atoms with E-state index in [2.05, 4.69) is 6.08 Å². The van der Waals surface area contributed by atoms with Gasteiger partial charge in [-0.2, -0.15) is 0 Å². The Hall–Kier alpha value is -0.530. The largest absolute Gasteiger partial charge is 0.205 e. The first-order valence-corrected chi connectivity index (χ1v) is 9.70. The molecule has 0 spiro atoms. The Morgan fingerprint density at radius 3 is 2.09 bits per heavy atom. The molecule has 2 aliphatic carbocycles. The molecule has 2 saturated carbocycles. The van der Waals surface area contributed by atoms with Gasteiger partial charge in [-0.05, 0) is 92.7 Å². The molecule has 2 aliphatic rings. The van der Waals surface area contributed by atoms with E-state index in [1.807, 2.05) is 6.07 Å². The van der Waals surface area contributed by atoms with Crippen LogP contribution in [0.1, 0.15) is 62.8 Å². The summed E-state index contributed by atoms with van der Waals surface area (Å²) in [4.78, 5) is 0. The van der Waals surface area contributed by atoms with Crippen LogP contribution in [0.4, 0.5) is 4.39 Å². The van der Waals surface area contributed by atoms with Crippen LogP contribution in [0.5, 0.6) is 0 Å². The molecule has 0 heterocycles. The molecule has 0 amide bonds. The van der Waals surface area contributed by atoms with Gasteiger partial charge in [-0.15, -0.1) is 0 Å². The molecule has 126 valence electrons. The first-order chi connectivity index (χ1) is 11.2. The lowest BCUT2D eigenvalue weighted by Gasteiger charge is -2.37. The third-order valence-electron chi connectivity index (χ3n) is 6.01.